The molecule has 12 heteroatoms. The van der Waals surface area contributed by atoms with E-state index in [1.165, 1.54) is 33.5 Å². The van der Waals surface area contributed by atoms with Gasteiger partial charge >= 0.3 is 11.8 Å². The lowest BCUT2D eigenvalue weighted by molar-refractivity contribution is -0.143. The molecule has 0 saturated carbocycles. The van der Waals surface area contributed by atoms with Crippen molar-refractivity contribution in [2.24, 2.45) is 0 Å². The quantitative estimate of drug-likeness (QED) is 0.346. The van der Waals surface area contributed by atoms with Crippen LogP contribution in [0.2, 0.25) is 5.02 Å². The number of benzene rings is 3. The summed E-state index contributed by atoms with van der Waals surface area (Å²) in [4.78, 5) is 27.9. The van der Waals surface area contributed by atoms with Crippen molar-refractivity contribution in [3.8, 4) is 11.5 Å². The number of rotatable bonds is 6. The number of amides is 2. The molecule has 2 aliphatic heterocycles. The van der Waals surface area contributed by atoms with Gasteiger partial charge in [0.1, 0.15) is 5.75 Å². The Labute approximate surface area is 248 Å². The molecular formula is C30H30ClF2N3O5S. The van der Waals surface area contributed by atoms with Crippen molar-refractivity contribution in [1.82, 2.24) is 9.21 Å². The van der Waals surface area contributed by atoms with Gasteiger partial charge in [0.2, 0.25) is 10.0 Å². The summed E-state index contributed by atoms with van der Waals surface area (Å²) in [6.45, 7) is 2.77. The molecule has 0 aromatic heterocycles. The second-order valence-corrected chi connectivity index (χ2v) is 12.8. The molecule has 2 heterocycles. The van der Waals surface area contributed by atoms with E-state index in [-0.39, 0.29) is 28.8 Å². The number of piperidine rings is 1. The van der Waals surface area contributed by atoms with Gasteiger partial charge in [0.25, 0.3) is 0 Å². The number of anilines is 1. The maximum atomic E-state index is 13.9. The number of carbonyl (C=O) groups is 2. The normalized spacial score (nSPS) is 19.5. The smallest absolute Gasteiger partial charge is 0.314 e. The van der Waals surface area contributed by atoms with Crippen LogP contribution < -0.4 is 10.1 Å². The lowest BCUT2D eigenvalue weighted by atomic mass is 9.92. The third-order valence-corrected chi connectivity index (χ3v) is 9.92. The molecule has 0 radical (unpaired) electrons. The number of likely N-dealkylation sites (tertiary alicyclic amines) is 1. The summed E-state index contributed by atoms with van der Waals surface area (Å²) in [5, 5.41) is 3.04. The van der Waals surface area contributed by atoms with E-state index in [0.29, 0.717) is 35.8 Å². The summed E-state index contributed by atoms with van der Waals surface area (Å²) >= 11 is 5.97. The predicted octanol–water partition coefficient (Wildman–Crippen LogP) is 5.93. The van der Waals surface area contributed by atoms with Gasteiger partial charge in [-0.1, -0.05) is 24.1 Å². The molecule has 2 amide bonds. The van der Waals surface area contributed by atoms with E-state index < -0.39 is 39.5 Å². The summed E-state index contributed by atoms with van der Waals surface area (Å²) in [7, 11) is -3.85. The molecule has 222 valence electrons. The molecular weight excluding hydrogens is 588 g/mol. The van der Waals surface area contributed by atoms with Crippen molar-refractivity contribution in [2.45, 2.75) is 49.5 Å². The minimum atomic E-state index is -3.85. The third-order valence-electron chi connectivity index (χ3n) is 7.78. The van der Waals surface area contributed by atoms with E-state index in [1.54, 1.807) is 31.2 Å². The summed E-state index contributed by atoms with van der Waals surface area (Å²) in [6, 6.07) is 13.7. The highest BCUT2D eigenvalue weighted by atomic mass is 35.5. The van der Waals surface area contributed by atoms with Gasteiger partial charge in [0.15, 0.2) is 17.4 Å². The van der Waals surface area contributed by atoms with Gasteiger partial charge in [-0.15, -0.1) is 0 Å². The molecule has 3 aromatic carbocycles. The number of ether oxygens (including phenoxy) is 1. The van der Waals surface area contributed by atoms with E-state index in [1.807, 2.05) is 0 Å². The SMILES string of the molecule is CC1C(c2ccc(F)c(F)c2)CCN1C(=O)C(=O)Nc1cc(S(=O)(=O)N2CCCCC2)ccc1Oc1ccc(Cl)cc1. The van der Waals surface area contributed by atoms with Crippen molar-refractivity contribution in [1.29, 1.82) is 0 Å². The number of nitrogens with one attached hydrogen (secondary N) is 1. The lowest BCUT2D eigenvalue weighted by Gasteiger charge is -2.26. The summed E-state index contributed by atoms with van der Waals surface area (Å²) in [6.07, 6.45) is 2.93. The number of nitrogens with zero attached hydrogens (tertiary/aromatic N) is 2. The topological polar surface area (TPSA) is 96.0 Å². The average Bonchev–Trinajstić information content (AvgIpc) is 3.37. The second kappa shape index (κ2) is 12.4. The van der Waals surface area contributed by atoms with Crippen LogP contribution in [0.1, 0.15) is 44.1 Å². The minimum absolute atomic E-state index is 0.00499. The zero-order valence-corrected chi connectivity index (χ0v) is 24.4. The van der Waals surface area contributed by atoms with Crippen LogP contribution in [0.25, 0.3) is 0 Å². The van der Waals surface area contributed by atoms with Crippen molar-refractivity contribution in [2.75, 3.05) is 25.0 Å². The zero-order valence-electron chi connectivity index (χ0n) is 22.9. The van der Waals surface area contributed by atoms with Crippen molar-refractivity contribution in [3.05, 3.63) is 82.9 Å². The Kier molecular flexibility index (Phi) is 8.81. The Balaban J connectivity index is 1.39. The summed E-state index contributed by atoms with van der Waals surface area (Å²) in [5.74, 6) is -3.54. The predicted molar refractivity (Wildman–Crippen MR) is 154 cm³/mol. The molecule has 2 saturated heterocycles. The first-order valence-electron chi connectivity index (χ1n) is 13.7. The van der Waals surface area contributed by atoms with E-state index in [9.17, 15) is 26.8 Å². The fourth-order valence-electron chi connectivity index (χ4n) is 5.46. The molecule has 2 fully saturated rings. The second-order valence-electron chi connectivity index (χ2n) is 10.4. The number of halogens is 3. The first-order valence-corrected chi connectivity index (χ1v) is 15.5. The van der Waals surface area contributed by atoms with Crippen LogP contribution in [-0.4, -0.2) is 55.1 Å². The molecule has 2 atom stereocenters. The Hall–Kier alpha value is -3.54. The maximum Gasteiger partial charge on any atom is 0.314 e. The molecule has 2 aliphatic rings. The van der Waals surface area contributed by atoms with Crippen LogP contribution in [0.3, 0.4) is 0 Å². The zero-order chi connectivity index (χ0) is 30.0. The molecule has 42 heavy (non-hydrogen) atoms. The van der Waals surface area contributed by atoms with E-state index in [2.05, 4.69) is 5.32 Å². The monoisotopic (exact) mass is 617 g/mol. The first kappa shape index (κ1) is 29.9. The molecule has 0 aliphatic carbocycles. The third kappa shape index (κ3) is 6.28. The molecule has 1 N–H and O–H groups in total. The van der Waals surface area contributed by atoms with Gasteiger partial charge in [-0.25, -0.2) is 17.2 Å². The molecule has 3 aromatic rings. The van der Waals surface area contributed by atoms with Crippen molar-refractivity contribution in [3.63, 3.8) is 0 Å². The molecule has 0 bridgehead atoms. The van der Waals surface area contributed by atoms with Crippen molar-refractivity contribution < 1.29 is 31.5 Å². The van der Waals surface area contributed by atoms with Gasteiger partial charge in [-0.05, 0) is 86.3 Å². The van der Waals surface area contributed by atoms with E-state index in [0.717, 1.165) is 31.4 Å². The van der Waals surface area contributed by atoms with Crippen molar-refractivity contribution >= 4 is 39.1 Å². The summed E-state index contributed by atoms with van der Waals surface area (Å²) < 4.78 is 61.4. The molecule has 0 spiro atoms. The highest BCUT2D eigenvalue weighted by molar-refractivity contribution is 7.89. The Morgan fingerprint density at radius 2 is 1.64 bits per heavy atom. The Bertz CT molecular complexity index is 1600. The van der Waals surface area contributed by atoms with Crippen LogP contribution in [0.4, 0.5) is 14.5 Å². The first-order chi connectivity index (χ1) is 20.0. The number of carbonyl (C=O) groups excluding carboxylic acids is 2. The van der Waals surface area contributed by atoms with Gasteiger partial charge < -0.3 is 15.0 Å². The van der Waals surface area contributed by atoms with Crippen LogP contribution in [0.5, 0.6) is 11.5 Å². The summed E-state index contributed by atoms with van der Waals surface area (Å²) in [5.41, 5.74) is 0.539. The van der Waals surface area contributed by atoms with Gasteiger partial charge in [-0.2, -0.15) is 4.31 Å². The van der Waals surface area contributed by atoms with Gasteiger partial charge in [0, 0.05) is 36.6 Å². The maximum absolute atomic E-state index is 13.9. The molecule has 2 unspecified atom stereocenters. The van der Waals surface area contributed by atoms with Crippen LogP contribution in [-0.2, 0) is 19.6 Å². The molecule has 5 rings (SSSR count). The van der Waals surface area contributed by atoms with E-state index in [4.69, 9.17) is 16.3 Å². The molecule has 8 nitrogen and oxygen atoms in total. The largest absolute Gasteiger partial charge is 0.455 e. The van der Waals surface area contributed by atoms with E-state index >= 15 is 0 Å². The van der Waals surface area contributed by atoms with Gasteiger partial charge in [-0.3, -0.25) is 9.59 Å². The number of sulfonamides is 1. The van der Waals surface area contributed by atoms with Crippen LogP contribution >= 0.6 is 11.6 Å². The standard InChI is InChI=1S/C30H30ClF2N3O5S/c1-19-24(20-5-11-25(32)26(33)17-20)13-16-36(19)30(38)29(37)34-27-18-23(42(39,40)35-14-3-2-4-15-35)10-12-28(27)41-22-8-6-21(31)7-9-22/h5-12,17-19,24H,2-4,13-16H2,1H3,(H,34,37). The Morgan fingerprint density at radius 3 is 2.33 bits per heavy atom. The fourth-order valence-corrected chi connectivity index (χ4v) is 7.13. The number of hydrogen-bond acceptors (Lipinski definition) is 5. The number of hydrogen-bond donors (Lipinski definition) is 1. The van der Waals surface area contributed by atoms with Gasteiger partial charge in [0.05, 0.1) is 10.6 Å². The minimum Gasteiger partial charge on any atom is -0.455 e. The fraction of sp³-hybridized carbons (Fsp3) is 0.333. The lowest BCUT2D eigenvalue weighted by Crippen LogP contribution is -2.42. The average molecular weight is 618 g/mol. The highest BCUT2D eigenvalue weighted by Crippen LogP contribution is 2.36. The van der Waals surface area contributed by atoms with Crippen LogP contribution in [0, 0.1) is 11.6 Å². The van der Waals surface area contributed by atoms with Crippen LogP contribution in [0.15, 0.2) is 65.6 Å². The Morgan fingerprint density at radius 1 is 0.929 bits per heavy atom. The highest BCUT2D eigenvalue weighted by Gasteiger charge is 2.38.